The summed E-state index contributed by atoms with van der Waals surface area (Å²) in [5.74, 6) is -0.478. The Balaban J connectivity index is 2.13. The van der Waals surface area contributed by atoms with Crippen LogP contribution < -0.4 is 5.32 Å². The molecule has 2 aromatic carbocycles. The van der Waals surface area contributed by atoms with Gasteiger partial charge >= 0.3 is 5.97 Å². The molecule has 1 aromatic heterocycles. The van der Waals surface area contributed by atoms with Crippen LogP contribution in [0, 0.1) is 6.92 Å². The molecule has 116 valence electrons. The maximum absolute atomic E-state index is 11.8. The summed E-state index contributed by atoms with van der Waals surface area (Å²) >= 11 is 6.10. The second-order valence-corrected chi connectivity index (χ2v) is 5.64. The zero-order chi connectivity index (χ0) is 16.4. The Morgan fingerprint density at radius 2 is 1.87 bits per heavy atom. The Morgan fingerprint density at radius 1 is 1.13 bits per heavy atom. The number of nitrogens with one attached hydrogen (secondary N) is 1. The molecule has 0 spiro atoms. The fourth-order valence-corrected chi connectivity index (χ4v) is 2.48. The molecule has 1 N–H and O–H groups in total. The second kappa shape index (κ2) is 6.26. The molecule has 0 unspecified atom stereocenters. The molecule has 0 saturated heterocycles. The number of carbonyl (C=O) groups excluding carboxylic acids is 1. The number of carbonyl (C=O) groups is 1. The molecule has 23 heavy (non-hydrogen) atoms. The number of esters is 1. The third-order valence-corrected chi connectivity index (χ3v) is 3.73. The number of halogens is 1. The average molecular weight is 327 g/mol. The van der Waals surface area contributed by atoms with Crippen LogP contribution in [0.5, 0.6) is 0 Å². The summed E-state index contributed by atoms with van der Waals surface area (Å²) in [6.45, 7) is 2.03. The monoisotopic (exact) mass is 326 g/mol. The predicted molar refractivity (Wildman–Crippen MR) is 92.6 cm³/mol. The van der Waals surface area contributed by atoms with Crippen LogP contribution in [0.4, 0.5) is 11.4 Å². The van der Waals surface area contributed by atoms with Crippen LogP contribution in [0.1, 0.15) is 16.1 Å². The summed E-state index contributed by atoms with van der Waals surface area (Å²) in [7, 11) is 1.34. The van der Waals surface area contributed by atoms with Crippen molar-refractivity contribution in [2.75, 3.05) is 12.4 Å². The van der Waals surface area contributed by atoms with Gasteiger partial charge in [-0.05, 0) is 43.3 Å². The lowest BCUT2D eigenvalue weighted by molar-refractivity contribution is 0.0594. The van der Waals surface area contributed by atoms with Crippen molar-refractivity contribution in [3.8, 4) is 0 Å². The predicted octanol–water partition coefficient (Wildman–Crippen LogP) is 4.73. The van der Waals surface area contributed by atoms with Crippen molar-refractivity contribution in [2.24, 2.45) is 0 Å². The van der Waals surface area contributed by atoms with Gasteiger partial charge in [0, 0.05) is 16.1 Å². The van der Waals surface area contributed by atoms with Gasteiger partial charge in [-0.2, -0.15) is 0 Å². The smallest absolute Gasteiger partial charge is 0.356 e. The quantitative estimate of drug-likeness (QED) is 0.707. The summed E-state index contributed by atoms with van der Waals surface area (Å²) < 4.78 is 4.77. The number of rotatable bonds is 3. The number of pyridine rings is 1. The highest BCUT2D eigenvalue weighted by atomic mass is 35.5. The van der Waals surface area contributed by atoms with Crippen LogP contribution in [0.2, 0.25) is 5.02 Å². The maximum Gasteiger partial charge on any atom is 0.356 e. The first-order valence-corrected chi connectivity index (χ1v) is 7.47. The van der Waals surface area contributed by atoms with Crippen LogP contribution in [0.3, 0.4) is 0 Å². The number of anilines is 2. The molecule has 0 aliphatic heterocycles. The van der Waals surface area contributed by atoms with E-state index in [-0.39, 0.29) is 5.69 Å². The number of nitrogens with zero attached hydrogens (tertiary/aromatic N) is 1. The fraction of sp³-hybridized carbons (Fsp3) is 0.111. The molecule has 4 nitrogen and oxygen atoms in total. The van der Waals surface area contributed by atoms with Gasteiger partial charge in [0.25, 0.3) is 0 Å². The zero-order valence-corrected chi connectivity index (χ0v) is 13.5. The average Bonchev–Trinajstić information content (AvgIpc) is 2.56. The van der Waals surface area contributed by atoms with E-state index in [0.717, 1.165) is 16.8 Å². The standard InChI is InChI=1S/C18H15ClN2O2/c1-11-3-6-13(7-4-11)20-16-10-17(18(22)23-2)21-15-8-5-12(19)9-14(15)16/h3-10H,1-2H3,(H,20,21). The SMILES string of the molecule is COC(=O)c1cc(Nc2ccc(C)cc2)c2cc(Cl)ccc2n1. The molecule has 0 fully saturated rings. The van der Waals surface area contributed by atoms with Crippen LogP contribution in [0.15, 0.2) is 48.5 Å². The molecule has 0 bridgehead atoms. The Hall–Kier alpha value is -2.59. The minimum absolute atomic E-state index is 0.247. The van der Waals surface area contributed by atoms with Crippen LogP contribution in [0.25, 0.3) is 10.9 Å². The molecule has 1 heterocycles. The molecule has 3 rings (SSSR count). The minimum atomic E-state index is -0.478. The first-order valence-electron chi connectivity index (χ1n) is 7.09. The van der Waals surface area contributed by atoms with E-state index in [9.17, 15) is 4.79 Å². The number of aryl methyl sites for hydroxylation is 1. The molecule has 0 radical (unpaired) electrons. The van der Waals surface area contributed by atoms with Crippen LogP contribution in [-0.2, 0) is 4.74 Å². The lowest BCUT2D eigenvalue weighted by Gasteiger charge is -2.12. The van der Waals surface area contributed by atoms with Crippen molar-refractivity contribution >= 4 is 39.8 Å². The third-order valence-electron chi connectivity index (χ3n) is 3.50. The summed E-state index contributed by atoms with van der Waals surface area (Å²) in [5, 5.41) is 4.76. The van der Waals surface area contributed by atoms with Crippen LogP contribution in [-0.4, -0.2) is 18.1 Å². The van der Waals surface area contributed by atoms with Gasteiger partial charge in [-0.3, -0.25) is 0 Å². The van der Waals surface area contributed by atoms with E-state index in [2.05, 4.69) is 10.3 Å². The molecule has 5 heteroatoms. The van der Waals surface area contributed by atoms with E-state index in [0.29, 0.717) is 10.5 Å². The summed E-state index contributed by atoms with van der Waals surface area (Å²) in [6.07, 6.45) is 0. The topological polar surface area (TPSA) is 51.2 Å². The molecular weight excluding hydrogens is 312 g/mol. The molecular formula is C18H15ClN2O2. The van der Waals surface area contributed by atoms with E-state index >= 15 is 0 Å². The van der Waals surface area contributed by atoms with Crippen molar-refractivity contribution in [1.82, 2.24) is 4.98 Å². The minimum Gasteiger partial charge on any atom is -0.464 e. The Bertz CT molecular complexity index is 876. The van der Waals surface area contributed by atoms with Crippen molar-refractivity contribution in [3.63, 3.8) is 0 Å². The molecule has 0 saturated carbocycles. The summed E-state index contributed by atoms with van der Waals surface area (Å²) in [6, 6.07) is 15.0. The fourth-order valence-electron chi connectivity index (χ4n) is 2.30. The first-order chi connectivity index (χ1) is 11.1. The lowest BCUT2D eigenvalue weighted by atomic mass is 10.1. The number of ether oxygens (including phenoxy) is 1. The number of benzene rings is 2. The molecule has 3 aromatic rings. The number of hydrogen-bond donors (Lipinski definition) is 1. The summed E-state index contributed by atoms with van der Waals surface area (Å²) in [5.41, 5.74) is 3.76. The van der Waals surface area contributed by atoms with Crippen molar-refractivity contribution in [2.45, 2.75) is 6.92 Å². The highest BCUT2D eigenvalue weighted by Crippen LogP contribution is 2.29. The van der Waals surface area contributed by atoms with E-state index in [1.165, 1.54) is 12.7 Å². The number of fused-ring (bicyclic) bond motifs is 1. The molecule has 0 amide bonds. The van der Waals surface area contributed by atoms with Gasteiger partial charge in [0.1, 0.15) is 0 Å². The van der Waals surface area contributed by atoms with E-state index < -0.39 is 5.97 Å². The van der Waals surface area contributed by atoms with Crippen molar-refractivity contribution in [3.05, 3.63) is 64.8 Å². The molecule has 0 aliphatic rings. The third kappa shape index (κ3) is 3.27. The van der Waals surface area contributed by atoms with Crippen LogP contribution >= 0.6 is 11.6 Å². The molecule has 0 atom stereocenters. The highest BCUT2D eigenvalue weighted by Gasteiger charge is 2.13. The van der Waals surface area contributed by atoms with Gasteiger partial charge < -0.3 is 10.1 Å². The number of hydrogen-bond acceptors (Lipinski definition) is 4. The Labute approximate surface area is 139 Å². The van der Waals surface area contributed by atoms with Gasteiger partial charge in [-0.1, -0.05) is 29.3 Å². The van der Waals surface area contributed by atoms with Gasteiger partial charge in [0.05, 0.1) is 18.3 Å². The lowest BCUT2D eigenvalue weighted by Crippen LogP contribution is -2.06. The van der Waals surface area contributed by atoms with Gasteiger partial charge in [-0.25, -0.2) is 9.78 Å². The van der Waals surface area contributed by atoms with Gasteiger partial charge in [0.2, 0.25) is 0 Å². The number of methoxy groups -OCH3 is 1. The normalized spacial score (nSPS) is 10.6. The Kier molecular flexibility index (Phi) is 4.17. The van der Waals surface area contributed by atoms with E-state index in [1.54, 1.807) is 18.2 Å². The largest absolute Gasteiger partial charge is 0.464 e. The Morgan fingerprint density at radius 3 is 2.57 bits per heavy atom. The van der Waals surface area contributed by atoms with Gasteiger partial charge in [-0.15, -0.1) is 0 Å². The van der Waals surface area contributed by atoms with Crippen molar-refractivity contribution in [1.29, 1.82) is 0 Å². The number of aromatic nitrogens is 1. The van der Waals surface area contributed by atoms with E-state index in [1.807, 2.05) is 37.3 Å². The summed E-state index contributed by atoms with van der Waals surface area (Å²) in [4.78, 5) is 16.2. The van der Waals surface area contributed by atoms with Gasteiger partial charge in [0.15, 0.2) is 5.69 Å². The molecule has 0 aliphatic carbocycles. The van der Waals surface area contributed by atoms with E-state index in [4.69, 9.17) is 16.3 Å². The zero-order valence-electron chi connectivity index (χ0n) is 12.8. The maximum atomic E-state index is 11.8. The first kappa shape index (κ1) is 15.3. The second-order valence-electron chi connectivity index (χ2n) is 5.20. The highest BCUT2D eigenvalue weighted by molar-refractivity contribution is 6.31. The van der Waals surface area contributed by atoms with Crippen molar-refractivity contribution < 1.29 is 9.53 Å².